The quantitative estimate of drug-likeness (QED) is 0.404. The molecule has 4 aromatic rings. The lowest BCUT2D eigenvalue weighted by Gasteiger charge is -2.13. The van der Waals surface area contributed by atoms with Crippen molar-refractivity contribution in [2.45, 2.75) is 37.9 Å². The van der Waals surface area contributed by atoms with Gasteiger partial charge in [0, 0.05) is 37.7 Å². The van der Waals surface area contributed by atoms with E-state index in [0.717, 1.165) is 38.6 Å². The maximum Gasteiger partial charge on any atom is 0.222 e. The summed E-state index contributed by atoms with van der Waals surface area (Å²) in [7, 11) is 3.48. The van der Waals surface area contributed by atoms with Gasteiger partial charge < -0.3 is 19.5 Å². The van der Waals surface area contributed by atoms with Crippen molar-refractivity contribution < 1.29 is 19.4 Å². The molecule has 166 valence electrons. The highest BCUT2D eigenvalue weighted by Gasteiger charge is 2.16. The first kappa shape index (κ1) is 22.1. The monoisotopic (exact) mass is 431 g/mol. The minimum Gasteiger partial charge on any atom is -0.456 e. The standard InChI is InChI=1S/C27H29NO4/c1-28(2)27(31)10-6-9-23(29)19-11-13-25-21(16-19)22-17-20(12-14-26(22)32-25)24(30)15-18-7-4-3-5-8-18/h3-5,7-8,11-14,16-17,23-24,29-30H,6,9-10,15H2,1-2H3. The smallest absolute Gasteiger partial charge is 0.222 e. The number of hydrogen-bond acceptors (Lipinski definition) is 4. The van der Waals surface area contributed by atoms with Crippen LogP contribution in [-0.2, 0) is 11.2 Å². The van der Waals surface area contributed by atoms with Gasteiger partial charge in [-0.2, -0.15) is 0 Å². The highest BCUT2D eigenvalue weighted by molar-refractivity contribution is 6.05. The lowest BCUT2D eigenvalue weighted by Crippen LogP contribution is -2.21. The molecule has 5 heteroatoms. The fourth-order valence-corrected chi connectivity index (χ4v) is 4.02. The van der Waals surface area contributed by atoms with Gasteiger partial charge in [0.2, 0.25) is 5.91 Å². The molecule has 4 rings (SSSR count). The van der Waals surface area contributed by atoms with Crippen molar-refractivity contribution in [1.82, 2.24) is 4.90 Å². The van der Waals surface area contributed by atoms with Gasteiger partial charge >= 0.3 is 0 Å². The molecule has 0 radical (unpaired) electrons. The molecule has 0 aliphatic carbocycles. The highest BCUT2D eigenvalue weighted by atomic mass is 16.3. The molecule has 1 aromatic heterocycles. The van der Waals surface area contributed by atoms with Gasteiger partial charge in [0.05, 0.1) is 12.2 Å². The SMILES string of the molecule is CN(C)C(=O)CCCC(O)c1ccc2oc3ccc(C(O)Cc4ccccc4)cc3c2c1. The van der Waals surface area contributed by atoms with Crippen LogP contribution in [0.2, 0.25) is 0 Å². The summed E-state index contributed by atoms with van der Waals surface area (Å²) in [6.07, 6.45) is 0.836. The van der Waals surface area contributed by atoms with E-state index in [4.69, 9.17) is 4.42 Å². The molecular formula is C27H29NO4. The first-order chi connectivity index (χ1) is 15.4. The molecule has 0 bridgehead atoms. The molecule has 1 amide bonds. The van der Waals surface area contributed by atoms with Crippen LogP contribution in [0.4, 0.5) is 0 Å². The Balaban J connectivity index is 1.55. The number of aliphatic hydroxyl groups is 2. The molecule has 0 saturated heterocycles. The predicted molar refractivity (Wildman–Crippen MR) is 126 cm³/mol. The first-order valence-corrected chi connectivity index (χ1v) is 11.0. The van der Waals surface area contributed by atoms with E-state index in [2.05, 4.69) is 0 Å². The Labute approximate surface area is 187 Å². The minimum absolute atomic E-state index is 0.0649. The number of nitrogens with zero attached hydrogens (tertiary/aromatic N) is 1. The number of fused-ring (bicyclic) bond motifs is 3. The van der Waals surface area contributed by atoms with Crippen LogP contribution in [0.25, 0.3) is 21.9 Å². The Morgan fingerprint density at radius 1 is 0.875 bits per heavy atom. The number of carbonyl (C=O) groups excluding carboxylic acids is 1. The van der Waals surface area contributed by atoms with Crippen LogP contribution in [0.5, 0.6) is 0 Å². The summed E-state index contributed by atoms with van der Waals surface area (Å²) in [5.74, 6) is 0.0649. The average molecular weight is 432 g/mol. The molecule has 32 heavy (non-hydrogen) atoms. The summed E-state index contributed by atoms with van der Waals surface area (Å²) in [6.45, 7) is 0. The van der Waals surface area contributed by atoms with E-state index in [9.17, 15) is 15.0 Å². The van der Waals surface area contributed by atoms with Crippen LogP contribution in [0.1, 0.15) is 48.2 Å². The lowest BCUT2D eigenvalue weighted by molar-refractivity contribution is -0.128. The molecule has 0 spiro atoms. The normalized spacial score (nSPS) is 13.4. The molecule has 3 aromatic carbocycles. The number of furan rings is 1. The van der Waals surface area contributed by atoms with Crippen LogP contribution < -0.4 is 0 Å². The summed E-state index contributed by atoms with van der Waals surface area (Å²) < 4.78 is 5.97. The third-order valence-electron chi connectivity index (χ3n) is 5.93. The number of rotatable bonds is 8. The van der Waals surface area contributed by atoms with E-state index in [1.54, 1.807) is 19.0 Å². The Morgan fingerprint density at radius 2 is 1.47 bits per heavy atom. The second kappa shape index (κ2) is 9.55. The van der Waals surface area contributed by atoms with Gasteiger partial charge in [-0.1, -0.05) is 42.5 Å². The topological polar surface area (TPSA) is 73.9 Å². The molecule has 0 fully saturated rings. The Hall–Kier alpha value is -3.15. The summed E-state index contributed by atoms with van der Waals surface area (Å²) in [4.78, 5) is 13.3. The van der Waals surface area contributed by atoms with Gasteiger partial charge in [-0.05, 0) is 53.8 Å². The van der Waals surface area contributed by atoms with Gasteiger partial charge in [-0.15, -0.1) is 0 Å². The number of hydrogen-bond donors (Lipinski definition) is 2. The maximum absolute atomic E-state index is 11.8. The van der Waals surface area contributed by atoms with E-state index in [1.165, 1.54) is 0 Å². The van der Waals surface area contributed by atoms with E-state index in [1.807, 2.05) is 66.7 Å². The van der Waals surface area contributed by atoms with Crippen molar-refractivity contribution in [2.24, 2.45) is 0 Å². The van der Waals surface area contributed by atoms with E-state index in [0.29, 0.717) is 25.7 Å². The van der Waals surface area contributed by atoms with E-state index >= 15 is 0 Å². The molecule has 0 aliphatic rings. The largest absolute Gasteiger partial charge is 0.456 e. The van der Waals surface area contributed by atoms with Crippen LogP contribution in [0.3, 0.4) is 0 Å². The average Bonchev–Trinajstić information content (AvgIpc) is 3.16. The third kappa shape index (κ3) is 4.85. The highest BCUT2D eigenvalue weighted by Crippen LogP contribution is 2.34. The minimum atomic E-state index is -0.647. The van der Waals surface area contributed by atoms with Crippen molar-refractivity contribution in [2.75, 3.05) is 14.1 Å². The zero-order valence-electron chi connectivity index (χ0n) is 18.5. The van der Waals surface area contributed by atoms with Crippen LogP contribution in [0, 0.1) is 0 Å². The first-order valence-electron chi connectivity index (χ1n) is 11.0. The van der Waals surface area contributed by atoms with Gasteiger partial charge in [0.25, 0.3) is 0 Å². The van der Waals surface area contributed by atoms with Crippen molar-refractivity contribution in [3.8, 4) is 0 Å². The molecule has 2 unspecified atom stereocenters. The van der Waals surface area contributed by atoms with Gasteiger partial charge in [-0.3, -0.25) is 4.79 Å². The Bertz CT molecular complexity index is 1210. The number of carbonyl (C=O) groups is 1. The molecule has 0 saturated carbocycles. The molecule has 2 atom stereocenters. The Morgan fingerprint density at radius 3 is 2.06 bits per heavy atom. The maximum atomic E-state index is 11.8. The summed E-state index contributed by atoms with van der Waals surface area (Å²) in [5.41, 5.74) is 4.20. The molecule has 1 heterocycles. The van der Waals surface area contributed by atoms with Crippen LogP contribution in [-0.4, -0.2) is 35.1 Å². The third-order valence-corrected chi connectivity index (χ3v) is 5.93. The zero-order chi connectivity index (χ0) is 22.7. The van der Waals surface area contributed by atoms with E-state index < -0.39 is 12.2 Å². The second-order valence-corrected chi connectivity index (χ2v) is 8.51. The lowest BCUT2D eigenvalue weighted by atomic mass is 9.98. The van der Waals surface area contributed by atoms with Gasteiger partial charge in [0.15, 0.2) is 0 Å². The predicted octanol–water partition coefficient (Wildman–Crippen LogP) is 5.15. The molecule has 0 aliphatic heterocycles. The van der Waals surface area contributed by atoms with Crippen molar-refractivity contribution in [3.63, 3.8) is 0 Å². The van der Waals surface area contributed by atoms with Gasteiger partial charge in [-0.25, -0.2) is 0 Å². The number of aliphatic hydroxyl groups excluding tert-OH is 2. The number of benzene rings is 3. The molecule has 5 nitrogen and oxygen atoms in total. The summed E-state index contributed by atoms with van der Waals surface area (Å²) in [6, 6.07) is 21.4. The summed E-state index contributed by atoms with van der Waals surface area (Å²) in [5, 5.41) is 23.2. The second-order valence-electron chi connectivity index (χ2n) is 8.51. The van der Waals surface area contributed by atoms with Crippen LogP contribution in [0.15, 0.2) is 71.1 Å². The van der Waals surface area contributed by atoms with Crippen molar-refractivity contribution in [1.29, 1.82) is 0 Å². The van der Waals surface area contributed by atoms with Crippen LogP contribution >= 0.6 is 0 Å². The fraction of sp³-hybridized carbons (Fsp3) is 0.296. The fourth-order valence-electron chi connectivity index (χ4n) is 4.02. The Kier molecular flexibility index (Phi) is 6.58. The molecular weight excluding hydrogens is 402 g/mol. The van der Waals surface area contributed by atoms with E-state index in [-0.39, 0.29) is 5.91 Å². The van der Waals surface area contributed by atoms with Gasteiger partial charge in [0.1, 0.15) is 11.2 Å². The van der Waals surface area contributed by atoms with Crippen molar-refractivity contribution >= 4 is 27.8 Å². The summed E-state index contributed by atoms with van der Waals surface area (Å²) >= 11 is 0. The zero-order valence-corrected chi connectivity index (χ0v) is 18.5. The van der Waals surface area contributed by atoms with Crippen molar-refractivity contribution in [3.05, 3.63) is 83.4 Å². The molecule has 2 N–H and O–H groups in total. The number of amides is 1.